The summed E-state index contributed by atoms with van der Waals surface area (Å²) < 4.78 is 37.8. The molecule has 2 nitrogen and oxygen atoms in total. The van der Waals surface area contributed by atoms with E-state index in [-0.39, 0.29) is 18.9 Å². The Morgan fingerprint density at radius 1 is 1.39 bits per heavy atom. The first-order valence-corrected chi connectivity index (χ1v) is 6.94. The van der Waals surface area contributed by atoms with Crippen molar-refractivity contribution in [2.45, 2.75) is 25.1 Å². The van der Waals surface area contributed by atoms with Crippen LogP contribution in [-0.4, -0.2) is 30.7 Å². The van der Waals surface area contributed by atoms with E-state index < -0.39 is 12.1 Å². The van der Waals surface area contributed by atoms with Gasteiger partial charge >= 0.3 is 6.18 Å². The normalized spacial score (nSPS) is 21.1. The molecular weight excluding hydrogens is 261 g/mol. The van der Waals surface area contributed by atoms with E-state index in [2.05, 4.69) is 4.90 Å². The van der Waals surface area contributed by atoms with E-state index in [4.69, 9.17) is 5.73 Å². The molecule has 0 spiro atoms. The lowest BCUT2D eigenvalue weighted by Gasteiger charge is -2.37. The highest BCUT2D eigenvalue weighted by molar-refractivity contribution is 7.10. The number of hydrogen-bond acceptors (Lipinski definition) is 3. The SMILES string of the molecule is NCC(c1cccs1)N1CCC(C(F)(F)F)CC1. The molecule has 2 rings (SSSR count). The van der Waals surface area contributed by atoms with Gasteiger partial charge in [0.1, 0.15) is 0 Å². The minimum absolute atomic E-state index is 0.0687. The average molecular weight is 278 g/mol. The van der Waals surface area contributed by atoms with Crippen molar-refractivity contribution in [2.75, 3.05) is 19.6 Å². The lowest BCUT2D eigenvalue weighted by Crippen LogP contribution is -2.42. The first kappa shape index (κ1) is 13.8. The topological polar surface area (TPSA) is 29.3 Å². The van der Waals surface area contributed by atoms with Crippen molar-refractivity contribution in [1.82, 2.24) is 4.90 Å². The summed E-state index contributed by atoms with van der Waals surface area (Å²) in [5, 5.41) is 1.97. The number of nitrogens with zero attached hydrogens (tertiary/aromatic N) is 1. The summed E-state index contributed by atoms with van der Waals surface area (Å²) in [7, 11) is 0. The summed E-state index contributed by atoms with van der Waals surface area (Å²) in [6.45, 7) is 1.41. The van der Waals surface area contributed by atoms with Crippen molar-refractivity contribution >= 4 is 11.3 Å². The molecule has 0 aliphatic carbocycles. The zero-order valence-corrected chi connectivity index (χ0v) is 10.8. The number of piperidine rings is 1. The number of halogens is 3. The van der Waals surface area contributed by atoms with Crippen LogP contribution in [0.25, 0.3) is 0 Å². The highest BCUT2D eigenvalue weighted by atomic mass is 32.1. The number of rotatable bonds is 3. The lowest BCUT2D eigenvalue weighted by atomic mass is 9.95. The zero-order chi connectivity index (χ0) is 13.2. The highest BCUT2D eigenvalue weighted by Gasteiger charge is 2.41. The molecule has 1 fully saturated rings. The standard InChI is InChI=1S/C12H17F3N2S/c13-12(14,15)9-3-5-17(6-4-9)10(8-16)11-2-1-7-18-11/h1-2,7,9-10H,3-6,8,16H2. The van der Waals surface area contributed by atoms with Crippen molar-refractivity contribution in [3.63, 3.8) is 0 Å². The maximum absolute atomic E-state index is 12.6. The van der Waals surface area contributed by atoms with E-state index >= 15 is 0 Å². The molecule has 1 aromatic rings. The Balaban J connectivity index is 1.96. The fourth-order valence-corrected chi connectivity index (χ4v) is 3.34. The van der Waals surface area contributed by atoms with Crippen LogP contribution in [0.2, 0.25) is 0 Å². The quantitative estimate of drug-likeness (QED) is 0.921. The molecular formula is C12H17F3N2S. The summed E-state index contributed by atoms with van der Waals surface area (Å²) in [6.07, 6.45) is -3.68. The third-order valence-corrected chi connectivity index (χ3v) is 4.50. The minimum atomic E-state index is -4.05. The third kappa shape index (κ3) is 3.05. The minimum Gasteiger partial charge on any atom is -0.329 e. The van der Waals surface area contributed by atoms with E-state index in [1.807, 2.05) is 17.5 Å². The van der Waals surface area contributed by atoms with E-state index in [0.29, 0.717) is 19.6 Å². The van der Waals surface area contributed by atoms with Crippen molar-refractivity contribution in [1.29, 1.82) is 0 Å². The predicted molar refractivity (Wildman–Crippen MR) is 66.5 cm³/mol. The zero-order valence-electron chi connectivity index (χ0n) is 9.99. The molecule has 0 amide bonds. The van der Waals surface area contributed by atoms with E-state index in [1.165, 1.54) is 0 Å². The smallest absolute Gasteiger partial charge is 0.329 e. The second-order valence-corrected chi connectivity index (χ2v) is 5.60. The Bertz CT molecular complexity index is 356. The fraction of sp³-hybridized carbons (Fsp3) is 0.667. The summed E-state index contributed by atoms with van der Waals surface area (Å²) in [5.41, 5.74) is 5.76. The van der Waals surface area contributed by atoms with Gasteiger partial charge in [0.2, 0.25) is 0 Å². The molecule has 1 aromatic heterocycles. The molecule has 1 aliphatic heterocycles. The Morgan fingerprint density at radius 2 is 2.06 bits per heavy atom. The van der Waals surface area contributed by atoms with Crippen LogP contribution in [0.3, 0.4) is 0 Å². The summed E-state index contributed by atoms with van der Waals surface area (Å²) >= 11 is 1.61. The largest absolute Gasteiger partial charge is 0.391 e. The number of likely N-dealkylation sites (tertiary alicyclic amines) is 1. The third-order valence-electron chi connectivity index (χ3n) is 3.53. The monoisotopic (exact) mass is 278 g/mol. The average Bonchev–Trinajstić information content (AvgIpc) is 2.83. The first-order chi connectivity index (χ1) is 8.52. The summed E-state index contributed by atoms with van der Waals surface area (Å²) in [4.78, 5) is 3.22. The molecule has 0 bridgehead atoms. The van der Waals surface area contributed by atoms with E-state index in [9.17, 15) is 13.2 Å². The van der Waals surface area contributed by atoms with Gasteiger partial charge in [-0.1, -0.05) is 6.07 Å². The van der Waals surface area contributed by atoms with E-state index in [0.717, 1.165) is 4.88 Å². The molecule has 0 aromatic carbocycles. The second-order valence-electron chi connectivity index (χ2n) is 4.62. The molecule has 6 heteroatoms. The van der Waals surface area contributed by atoms with Gasteiger partial charge in [-0.25, -0.2) is 0 Å². The van der Waals surface area contributed by atoms with Gasteiger partial charge in [-0.05, 0) is 37.4 Å². The first-order valence-electron chi connectivity index (χ1n) is 6.06. The van der Waals surface area contributed by atoms with E-state index in [1.54, 1.807) is 11.3 Å². The molecule has 102 valence electrons. The predicted octanol–water partition coefficient (Wildman–Crippen LogP) is 3.02. The van der Waals surface area contributed by atoms with Crippen molar-refractivity contribution < 1.29 is 13.2 Å². The van der Waals surface area contributed by atoms with Crippen molar-refractivity contribution in [2.24, 2.45) is 11.7 Å². The lowest BCUT2D eigenvalue weighted by molar-refractivity contribution is -0.186. The molecule has 1 aliphatic rings. The van der Waals surface area contributed by atoms with Crippen LogP contribution in [0.4, 0.5) is 13.2 Å². The molecule has 1 unspecified atom stereocenters. The van der Waals surface area contributed by atoms with Crippen LogP contribution in [0.5, 0.6) is 0 Å². The van der Waals surface area contributed by atoms with Gasteiger partial charge in [-0.15, -0.1) is 11.3 Å². The number of hydrogen-bond donors (Lipinski definition) is 1. The summed E-state index contributed by atoms with van der Waals surface area (Å²) in [5.74, 6) is -1.14. The number of nitrogens with two attached hydrogens (primary N) is 1. The molecule has 0 saturated carbocycles. The van der Waals surface area contributed by atoms with Gasteiger partial charge in [0.25, 0.3) is 0 Å². The van der Waals surface area contributed by atoms with Gasteiger partial charge in [0.05, 0.1) is 12.0 Å². The Kier molecular flexibility index (Phi) is 4.29. The second kappa shape index (κ2) is 5.59. The summed E-state index contributed by atoms with van der Waals surface area (Å²) in [6, 6.07) is 4.02. The van der Waals surface area contributed by atoms with Gasteiger partial charge in [-0.3, -0.25) is 4.90 Å². The Hall–Kier alpha value is -0.590. The van der Waals surface area contributed by atoms with Gasteiger partial charge in [0, 0.05) is 11.4 Å². The fourth-order valence-electron chi connectivity index (χ4n) is 2.46. The van der Waals surface area contributed by atoms with Crippen LogP contribution in [-0.2, 0) is 0 Å². The van der Waals surface area contributed by atoms with Crippen LogP contribution >= 0.6 is 11.3 Å². The van der Waals surface area contributed by atoms with Gasteiger partial charge in [0.15, 0.2) is 0 Å². The van der Waals surface area contributed by atoms with Gasteiger partial charge < -0.3 is 5.73 Å². The number of thiophene rings is 1. The molecule has 2 N–H and O–H groups in total. The Labute approximate surface area is 109 Å². The molecule has 0 radical (unpaired) electrons. The van der Waals surface area contributed by atoms with Crippen LogP contribution in [0.1, 0.15) is 23.8 Å². The molecule has 1 saturated heterocycles. The van der Waals surface area contributed by atoms with Crippen LogP contribution in [0, 0.1) is 5.92 Å². The number of alkyl halides is 3. The van der Waals surface area contributed by atoms with Crippen molar-refractivity contribution in [3.8, 4) is 0 Å². The van der Waals surface area contributed by atoms with Crippen molar-refractivity contribution in [3.05, 3.63) is 22.4 Å². The maximum Gasteiger partial charge on any atom is 0.391 e. The molecule has 18 heavy (non-hydrogen) atoms. The van der Waals surface area contributed by atoms with Crippen LogP contribution in [0.15, 0.2) is 17.5 Å². The maximum atomic E-state index is 12.6. The molecule has 2 heterocycles. The van der Waals surface area contributed by atoms with Gasteiger partial charge in [-0.2, -0.15) is 13.2 Å². The molecule has 1 atom stereocenters. The highest BCUT2D eigenvalue weighted by Crippen LogP contribution is 2.36. The Morgan fingerprint density at radius 3 is 2.50 bits per heavy atom. The van der Waals surface area contributed by atoms with Crippen LogP contribution < -0.4 is 5.73 Å².